The normalized spacial score (nSPS) is 17.8. The molecule has 0 saturated carbocycles. The molecule has 0 aliphatic carbocycles. The number of hydrogen-bond acceptors (Lipinski definition) is 5. The minimum Gasteiger partial charge on any atom is -0.457 e. The fraction of sp³-hybridized carbons (Fsp3) is 0.308. The van der Waals surface area contributed by atoms with E-state index in [0.29, 0.717) is 49.5 Å². The molecule has 0 spiro atoms. The minimum atomic E-state index is -0.264. The van der Waals surface area contributed by atoms with Crippen molar-refractivity contribution in [3.05, 3.63) is 66.0 Å². The molecule has 3 aromatic rings. The maximum absolute atomic E-state index is 12.9. The van der Waals surface area contributed by atoms with Crippen LogP contribution in [0.15, 0.2) is 54.9 Å². The van der Waals surface area contributed by atoms with Crippen molar-refractivity contribution in [2.24, 2.45) is 0 Å². The van der Waals surface area contributed by atoms with Crippen molar-refractivity contribution in [2.45, 2.75) is 31.8 Å². The lowest BCUT2D eigenvalue weighted by Crippen LogP contribution is -2.36. The molecule has 0 bridgehead atoms. The SMILES string of the molecule is CN1CC(NC(=O)c2ccc(CN3CCCC3=O)c(Oc3ccc(-c4ncc[nH]4)cc3)c2)CC1=O. The Bertz CT molecular complexity index is 1240. The van der Waals surface area contributed by atoms with E-state index in [4.69, 9.17) is 4.74 Å². The molecule has 1 aromatic heterocycles. The second-order valence-corrected chi connectivity index (χ2v) is 8.95. The van der Waals surface area contributed by atoms with Crippen LogP contribution < -0.4 is 10.1 Å². The first-order valence-corrected chi connectivity index (χ1v) is 11.7. The van der Waals surface area contributed by atoms with Gasteiger partial charge in [-0.1, -0.05) is 6.07 Å². The molecule has 9 heteroatoms. The maximum atomic E-state index is 12.9. The zero-order valence-corrected chi connectivity index (χ0v) is 19.5. The molecule has 180 valence electrons. The molecule has 2 saturated heterocycles. The fourth-order valence-electron chi connectivity index (χ4n) is 4.46. The van der Waals surface area contributed by atoms with E-state index in [2.05, 4.69) is 15.3 Å². The number of aromatic nitrogens is 2. The van der Waals surface area contributed by atoms with Gasteiger partial charge in [-0.15, -0.1) is 0 Å². The molecule has 2 fully saturated rings. The highest BCUT2D eigenvalue weighted by atomic mass is 16.5. The number of likely N-dealkylation sites (N-methyl/N-ethyl adjacent to an activating group) is 1. The van der Waals surface area contributed by atoms with Gasteiger partial charge in [-0.2, -0.15) is 0 Å². The van der Waals surface area contributed by atoms with Crippen molar-refractivity contribution in [2.75, 3.05) is 20.1 Å². The number of ether oxygens (including phenoxy) is 1. The quantitative estimate of drug-likeness (QED) is 0.549. The molecular formula is C26H27N5O4. The molecule has 35 heavy (non-hydrogen) atoms. The van der Waals surface area contributed by atoms with E-state index in [-0.39, 0.29) is 23.8 Å². The van der Waals surface area contributed by atoms with Crippen LogP contribution in [0.3, 0.4) is 0 Å². The van der Waals surface area contributed by atoms with E-state index in [0.717, 1.165) is 23.4 Å². The van der Waals surface area contributed by atoms with Crippen LogP contribution in [0.4, 0.5) is 0 Å². The smallest absolute Gasteiger partial charge is 0.251 e. The van der Waals surface area contributed by atoms with Gasteiger partial charge < -0.3 is 24.8 Å². The summed E-state index contributed by atoms with van der Waals surface area (Å²) in [5, 5.41) is 2.94. The molecular weight excluding hydrogens is 446 g/mol. The lowest BCUT2D eigenvalue weighted by atomic mass is 10.1. The Morgan fingerprint density at radius 1 is 1.17 bits per heavy atom. The van der Waals surface area contributed by atoms with E-state index in [9.17, 15) is 14.4 Å². The highest BCUT2D eigenvalue weighted by molar-refractivity contribution is 5.95. The Kier molecular flexibility index (Phi) is 6.22. The summed E-state index contributed by atoms with van der Waals surface area (Å²) in [5.41, 5.74) is 2.18. The summed E-state index contributed by atoms with van der Waals surface area (Å²) in [6.45, 7) is 1.62. The predicted octanol–water partition coefficient (Wildman–Crippen LogP) is 2.95. The first-order valence-electron chi connectivity index (χ1n) is 11.7. The van der Waals surface area contributed by atoms with Crippen molar-refractivity contribution in [3.63, 3.8) is 0 Å². The average Bonchev–Trinajstić information content (AvgIpc) is 3.59. The number of carbonyl (C=O) groups excluding carboxylic acids is 3. The second kappa shape index (κ2) is 9.61. The number of benzene rings is 2. The molecule has 0 radical (unpaired) electrons. The summed E-state index contributed by atoms with van der Waals surface area (Å²) >= 11 is 0. The molecule has 2 aromatic carbocycles. The molecule has 2 aliphatic rings. The van der Waals surface area contributed by atoms with E-state index in [1.54, 1.807) is 36.5 Å². The number of carbonyl (C=O) groups is 3. The van der Waals surface area contributed by atoms with Gasteiger partial charge in [0.15, 0.2) is 0 Å². The number of hydrogen-bond donors (Lipinski definition) is 2. The van der Waals surface area contributed by atoms with Gasteiger partial charge in [-0.05, 0) is 42.8 Å². The second-order valence-electron chi connectivity index (χ2n) is 8.95. The standard InChI is InChI=1S/C26H27N5O4/c1-30-16-20(14-24(30)33)29-26(34)18-4-5-19(15-31-12-2-3-23(31)32)22(13-18)35-21-8-6-17(7-9-21)25-27-10-11-28-25/h4-11,13,20H,2-3,12,14-16H2,1H3,(H,27,28)(H,29,34). The molecule has 5 rings (SSSR count). The first kappa shape index (κ1) is 22.6. The average molecular weight is 474 g/mol. The van der Waals surface area contributed by atoms with Gasteiger partial charge in [0.1, 0.15) is 17.3 Å². The third kappa shape index (κ3) is 5.03. The van der Waals surface area contributed by atoms with Gasteiger partial charge in [0, 0.05) is 68.6 Å². The summed E-state index contributed by atoms with van der Waals surface area (Å²) in [5.74, 6) is 1.76. The molecule has 1 atom stereocenters. The summed E-state index contributed by atoms with van der Waals surface area (Å²) in [6, 6.07) is 12.5. The van der Waals surface area contributed by atoms with Crippen LogP contribution in [0.25, 0.3) is 11.4 Å². The van der Waals surface area contributed by atoms with E-state index >= 15 is 0 Å². The lowest BCUT2D eigenvalue weighted by molar-refractivity contribution is -0.128. The molecule has 1 unspecified atom stereocenters. The number of nitrogens with one attached hydrogen (secondary N) is 2. The number of H-pyrrole nitrogens is 1. The lowest BCUT2D eigenvalue weighted by Gasteiger charge is -2.19. The predicted molar refractivity (Wildman–Crippen MR) is 129 cm³/mol. The summed E-state index contributed by atoms with van der Waals surface area (Å²) in [4.78, 5) is 47.7. The van der Waals surface area contributed by atoms with Crippen LogP contribution in [-0.2, 0) is 16.1 Å². The van der Waals surface area contributed by atoms with Gasteiger partial charge in [0.25, 0.3) is 5.91 Å². The van der Waals surface area contributed by atoms with Gasteiger partial charge in [-0.3, -0.25) is 14.4 Å². The van der Waals surface area contributed by atoms with Crippen LogP contribution in [0.1, 0.15) is 35.2 Å². The largest absolute Gasteiger partial charge is 0.457 e. The number of likely N-dealkylation sites (tertiary alicyclic amines) is 2. The van der Waals surface area contributed by atoms with Gasteiger partial charge in [0.2, 0.25) is 11.8 Å². The highest BCUT2D eigenvalue weighted by Gasteiger charge is 2.28. The van der Waals surface area contributed by atoms with Crippen molar-refractivity contribution in [1.82, 2.24) is 25.1 Å². The van der Waals surface area contributed by atoms with E-state index in [1.165, 1.54) is 0 Å². The highest BCUT2D eigenvalue weighted by Crippen LogP contribution is 2.30. The number of imidazole rings is 1. The topological polar surface area (TPSA) is 108 Å². The van der Waals surface area contributed by atoms with Crippen molar-refractivity contribution in [3.8, 4) is 22.9 Å². The number of nitrogens with zero attached hydrogens (tertiary/aromatic N) is 3. The van der Waals surface area contributed by atoms with Crippen molar-refractivity contribution < 1.29 is 19.1 Å². The van der Waals surface area contributed by atoms with Crippen LogP contribution >= 0.6 is 0 Å². The van der Waals surface area contributed by atoms with Crippen LogP contribution in [0.5, 0.6) is 11.5 Å². The van der Waals surface area contributed by atoms with Gasteiger partial charge in [-0.25, -0.2) is 4.98 Å². The maximum Gasteiger partial charge on any atom is 0.251 e. The fourth-order valence-corrected chi connectivity index (χ4v) is 4.46. The number of aromatic amines is 1. The first-order chi connectivity index (χ1) is 17.0. The Balaban J connectivity index is 1.38. The molecule has 3 amide bonds. The van der Waals surface area contributed by atoms with Crippen molar-refractivity contribution >= 4 is 17.7 Å². The molecule has 3 heterocycles. The summed E-state index contributed by atoms with van der Waals surface area (Å²) in [6.07, 6.45) is 5.16. The number of rotatable bonds is 7. The van der Waals surface area contributed by atoms with Gasteiger partial charge in [0.05, 0.1) is 6.04 Å². The van der Waals surface area contributed by atoms with Gasteiger partial charge >= 0.3 is 0 Å². The Hall–Kier alpha value is -4.14. The Morgan fingerprint density at radius 2 is 2.00 bits per heavy atom. The monoisotopic (exact) mass is 473 g/mol. The van der Waals surface area contributed by atoms with E-state index in [1.807, 2.05) is 35.2 Å². The summed E-state index contributed by atoms with van der Waals surface area (Å²) in [7, 11) is 1.73. The van der Waals surface area contributed by atoms with Crippen LogP contribution in [0, 0.1) is 0 Å². The third-order valence-corrected chi connectivity index (χ3v) is 6.39. The van der Waals surface area contributed by atoms with Crippen LogP contribution in [0.2, 0.25) is 0 Å². The molecule has 9 nitrogen and oxygen atoms in total. The molecule has 2 N–H and O–H groups in total. The molecule has 2 aliphatic heterocycles. The zero-order chi connectivity index (χ0) is 24.4. The summed E-state index contributed by atoms with van der Waals surface area (Å²) < 4.78 is 6.21. The van der Waals surface area contributed by atoms with E-state index < -0.39 is 0 Å². The third-order valence-electron chi connectivity index (χ3n) is 6.39. The minimum absolute atomic E-state index is 0.0166. The van der Waals surface area contributed by atoms with Crippen LogP contribution in [-0.4, -0.2) is 63.7 Å². The number of amides is 3. The zero-order valence-electron chi connectivity index (χ0n) is 19.5. The Morgan fingerprint density at radius 3 is 2.66 bits per heavy atom. The Labute approximate surface area is 203 Å². The van der Waals surface area contributed by atoms with Crippen molar-refractivity contribution in [1.29, 1.82) is 0 Å².